The molecule has 1 aromatic rings. The molecule has 0 aliphatic rings. The van der Waals surface area contributed by atoms with E-state index in [0.29, 0.717) is 17.3 Å². The van der Waals surface area contributed by atoms with E-state index >= 15 is 0 Å². The highest BCUT2D eigenvalue weighted by atomic mass is 35.5. The summed E-state index contributed by atoms with van der Waals surface area (Å²) in [6.45, 7) is 0.556. The van der Waals surface area contributed by atoms with Crippen molar-refractivity contribution < 1.29 is 19.6 Å². The lowest BCUT2D eigenvalue weighted by atomic mass is 10.2. The van der Waals surface area contributed by atoms with Gasteiger partial charge in [0.1, 0.15) is 0 Å². The zero-order chi connectivity index (χ0) is 14.4. The van der Waals surface area contributed by atoms with Gasteiger partial charge in [-0.05, 0) is 6.42 Å². The standard InChI is InChI=1S/C11H12ClNO5S/c1-18-3-2-4-19-10-8(11(14)15)5-7(13(16)17)6-9(10)12/h5-6H,2-4H2,1H3,(H,14,15). The fourth-order valence-electron chi connectivity index (χ4n) is 1.37. The number of methoxy groups -OCH3 is 1. The molecule has 0 unspecified atom stereocenters. The molecule has 8 heteroatoms. The largest absolute Gasteiger partial charge is 0.478 e. The van der Waals surface area contributed by atoms with E-state index < -0.39 is 10.9 Å². The molecule has 0 saturated heterocycles. The van der Waals surface area contributed by atoms with Gasteiger partial charge in [-0.1, -0.05) is 11.6 Å². The van der Waals surface area contributed by atoms with Gasteiger partial charge in [-0.25, -0.2) is 4.79 Å². The van der Waals surface area contributed by atoms with Crippen LogP contribution in [0.25, 0.3) is 0 Å². The second-order valence-electron chi connectivity index (χ2n) is 3.56. The molecule has 1 rings (SSSR count). The van der Waals surface area contributed by atoms with Gasteiger partial charge < -0.3 is 9.84 Å². The summed E-state index contributed by atoms with van der Waals surface area (Å²) >= 11 is 7.16. The van der Waals surface area contributed by atoms with E-state index in [4.69, 9.17) is 21.4 Å². The quantitative estimate of drug-likeness (QED) is 0.360. The average Bonchev–Trinajstić information content (AvgIpc) is 2.35. The van der Waals surface area contributed by atoms with Crippen LogP contribution in [-0.4, -0.2) is 35.5 Å². The summed E-state index contributed by atoms with van der Waals surface area (Å²) in [6, 6.07) is 2.18. The minimum Gasteiger partial charge on any atom is -0.478 e. The monoisotopic (exact) mass is 305 g/mol. The van der Waals surface area contributed by atoms with Gasteiger partial charge in [-0.2, -0.15) is 0 Å². The van der Waals surface area contributed by atoms with Crippen molar-refractivity contribution in [2.75, 3.05) is 19.5 Å². The van der Waals surface area contributed by atoms with E-state index in [0.717, 1.165) is 18.6 Å². The van der Waals surface area contributed by atoms with Gasteiger partial charge >= 0.3 is 5.97 Å². The van der Waals surface area contributed by atoms with E-state index in [2.05, 4.69) is 0 Å². The summed E-state index contributed by atoms with van der Waals surface area (Å²) in [6.07, 6.45) is 0.730. The van der Waals surface area contributed by atoms with Crippen molar-refractivity contribution in [3.05, 3.63) is 32.8 Å². The van der Waals surface area contributed by atoms with Crippen LogP contribution in [0.15, 0.2) is 17.0 Å². The Morgan fingerprint density at radius 1 is 1.58 bits per heavy atom. The van der Waals surface area contributed by atoms with Crippen LogP contribution >= 0.6 is 23.4 Å². The number of carbonyl (C=O) groups is 1. The second kappa shape index (κ2) is 7.32. The first kappa shape index (κ1) is 15.7. The van der Waals surface area contributed by atoms with Crippen molar-refractivity contribution in [1.29, 1.82) is 0 Å². The molecule has 0 aliphatic heterocycles. The number of aromatic carboxylic acids is 1. The first-order chi connectivity index (χ1) is 8.97. The predicted molar refractivity (Wildman–Crippen MR) is 72.3 cm³/mol. The van der Waals surface area contributed by atoms with Crippen molar-refractivity contribution in [1.82, 2.24) is 0 Å². The Kier molecular flexibility index (Phi) is 6.07. The molecular weight excluding hydrogens is 294 g/mol. The van der Waals surface area contributed by atoms with E-state index in [9.17, 15) is 14.9 Å². The minimum absolute atomic E-state index is 0.0778. The van der Waals surface area contributed by atoms with E-state index in [1.165, 1.54) is 11.8 Å². The molecule has 0 spiro atoms. The van der Waals surface area contributed by atoms with Crippen LogP contribution in [0.4, 0.5) is 5.69 Å². The lowest BCUT2D eigenvalue weighted by Crippen LogP contribution is -2.02. The third kappa shape index (κ3) is 4.38. The maximum atomic E-state index is 11.1. The zero-order valence-corrected chi connectivity index (χ0v) is 11.7. The highest BCUT2D eigenvalue weighted by Gasteiger charge is 2.20. The van der Waals surface area contributed by atoms with Gasteiger partial charge in [-0.15, -0.1) is 11.8 Å². The molecule has 0 radical (unpaired) electrons. The Hall–Kier alpha value is -1.31. The smallest absolute Gasteiger partial charge is 0.337 e. The van der Waals surface area contributed by atoms with Gasteiger partial charge in [0.15, 0.2) is 0 Å². The van der Waals surface area contributed by atoms with Crippen LogP contribution in [-0.2, 0) is 4.74 Å². The summed E-state index contributed by atoms with van der Waals surface area (Å²) in [4.78, 5) is 21.5. The topological polar surface area (TPSA) is 89.7 Å². The van der Waals surface area contributed by atoms with Crippen LogP contribution in [0.3, 0.4) is 0 Å². The van der Waals surface area contributed by atoms with Gasteiger partial charge in [-0.3, -0.25) is 10.1 Å². The molecule has 0 heterocycles. The van der Waals surface area contributed by atoms with Gasteiger partial charge in [0, 0.05) is 36.5 Å². The van der Waals surface area contributed by atoms with Crippen LogP contribution in [0.1, 0.15) is 16.8 Å². The van der Waals surface area contributed by atoms with Crippen LogP contribution < -0.4 is 0 Å². The molecular formula is C11H12ClNO5S. The number of hydrogen-bond donors (Lipinski definition) is 1. The first-order valence-electron chi connectivity index (χ1n) is 5.30. The lowest BCUT2D eigenvalue weighted by Gasteiger charge is -2.08. The molecule has 6 nitrogen and oxygen atoms in total. The molecule has 1 N–H and O–H groups in total. The Bertz CT molecular complexity index is 494. The number of nitro groups is 1. The van der Waals surface area contributed by atoms with Crippen LogP contribution in [0.5, 0.6) is 0 Å². The average molecular weight is 306 g/mol. The molecule has 0 bridgehead atoms. The van der Waals surface area contributed by atoms with Gasteiger partial charge in [0.25, 0.3) is 5.69 Å². The molecule has 0 amide bonds. The summed E-state index contributed by atoms with van der Waals surface area (Å²) in [5, 5.41) is 19.8. The third-order valence-electron chi connectivity index (χ3n) is 2.21. The number of carboxylic acid groups (broad SMARTS) is 1. The SMILES string of the molecule is COCCCSc1c(Cl)cc([N+](=O)[O-])cc1C(=O)O. The number of nitrogens with zero attached hydrogens (tertiary/aromatic N) is 1. The van der Waals surface area contributed by atoms with Crippen molar-refractivity contribution in [2.45, 2.75) is 11.3 Å². The number of ether oxygens (including phenoxy) is 1. The fourth-order valence-corrected chi connectivity index (χ4v) is 2.71. The summed E-state index contributed by atoms with van der Waals surface area (Å²) in [5.41, 5.74) is -0.481. The number of nitro benzene ring substituents is 1. The number of benzene rings is 1. The molecule has 0 saturated carbocycles. The van der Waals surface area contributed by atoms with Crippen LogP contribution in [0, 0.1) is 10.1 Å². The molecule has 0 aromatic heterocycles. The summed E-state index contributed by atoms with van der Waals surface area (Å²) in [5.74, 6) is -0.620. The van der Waals surface area contributed by atoms with Crippen molar-refractivity contribution in [3.63, 3.8) is 0 Å². The number of non-ortho nitro benzene ring substituents is 1. The Morgan fingerprint density at radius 2 is 2.26 bits per heavy atom. The zero-order valence-electron chi connectivity index (χ0n) is 10.1. The van der Waals surface area contributed by atoms with Crippen molar-refractivity contribution in [3.8, 4) is 0 Å². The second-order valence-corrected chi connectivity index (χ2v) is 5.07. The predicted octanol–water partition coefficient (Wildman–Crippen LogP) is 3.08. The molecule has 0 atom stereocenters. The first-order valence-corrected chi connectivity index (χ1v) is 6.66. The van der Waals surface area contributed by atoms with Crippen molar-refractivity contribution in [2.24, 2.45) is 0 Å². The van der Waals surface area contributed by atoms with E-state index in [-0.39, 0.29) is 16.3 Å². The highest BCUT2D eigenvalue weighted by molar-refractivity contribution is 7.99. The normalized spacial score (nSPS) is 10.4. The number of rotatable bonds is 7. The maximum absolute atomic E-state index is 11.1. The maximum Gasteiger partial charge on any atom is 0.337 e. The van der Waals surface area contributed by atoms with E-state index in [1.807, 2.05) is 0 Å². The third-order valence-corrected chi connectivity index (χ3v) is 3.84. The molecule has 1 aromatic carbocycles. The van der Waals surface area contributed by atoms with Crippen LogP contribution in [0.2, 0.25) is 5.02 Å². The Labute approximate surface area is 118 Å². The summed E-state index contributed by atoms with van der Waals surface area (Å²) < 4.78 is 4.89. The summed E-state index contributed by atoms with van der Waals surface area (Å²) in [7, 11) is 1.58. The number of halogens is 1. The van der Waals surface area contributed by atoms with Crippen molar-refractivity contribution >= 4 is 35.0 Å². The van der Waals surface area contributed by atoms with E-state index in [1.54, 1.807) is 7.11 Å². The number of thioether (sulfide) groups is 1. The molecule has 0 fully saturated rings. The van der Waals surface area contributed by atoms with Gasteiger partial charge in [0.2, 0.25) is 0 Å². The highest BCUT2D eigenvalue weighted by Crippen LogP contribution is 2.34. The number of carboxylic acids is 1. The van der Waals surface area contributed by atoms with Gasteiger partial charge in [0.05, 0.1) is 15.5 Å². The minimum atomic E-state index is -1.24. The fraction of sp³-hybridized carbons (Fsp3) is 0.364. The Morgan fingerprint density at radius 3 is 2.79 bits per heavy atom. The Balaban J connectivity index is 3.01. The molecule has 104 valence electrons. The molecule has 0 aliphatic carbocycles. The lowest BCUT2D eigenvalue weighted by molar-refractivity contribution is -0.384. The number of hydrogen-bond acceptors (Lipinski definition) is 5. The molecule has 19 heavy (non-hydrogen) atoms.